The van der Waals surface area contributed by atoms with Gasteiger partial charge in [-0.05, 0) is 49.0 Å². The van der Waals surface area contributed by atoms with Crippen LogP contribution in [0.2, 0.25) is 0 Å². The van der Waals surface area contributed by atoms with Crippen molar-refractivity contribution in [1.82, 2.24) is 4.90 Å². The molecule has 0 radical (unpaired) electrons. The summed E-state index contributed by atoms with van der Waals surface area (Å²) in [6.07, 6.45) is 3.09. The molecule has 148 valence electrons. The van der Waals surface area contributed by atoms with Crippen LogP contribution in [0.3, 0.4) is 0 Å². The van der Waals surface area contributed by atoms with E-state index in [0.717, 1.165) is 36.5 Å². The molecule has 6 nitrogen and oxygen atoms in total. The molecule has 2 aromatic rings. The molecule has 0 aliphatic rings. The average molecular weight is 382 g/mol. The Labute approximate surface area is 165 Å². The molecule has 2 N–H and O–H groups in total. The maximum atomic E-state index is 12.2. The molecule has 0 heterocycles. The van der Waals surface area contributed by atoms with E-state index in [4.69, 9.17) is 4.74 Å². The van der Waals surface area contributed by atoms with Crippen LogP contribution in [0.4, 0.5) is 5.69 Å². The number of hydrogen-bond donors (Lipinski definition) is 2. The van der Waals surface area contributed by atoms with Crippen LogP contribution in [0.15, 0.2) is 48.5 Å². The van der Waals surface area contributed by atoms with E-state index in [-0.39, 0.29) is 11.3 Å². The van der Waals surface area contributed by atoms with Crippen molar-refractivity contribution in [3.8, 4) is 5.75 Å². The number of methoxy groups -OCH3 is 1. The first-order chi connectivity index (χ1) is 13.5. The van der Waals surface area contributed by atoms with Crippen LogP contribution in [0.25, 0.3) is 6.08 Å². The summed E-state index contributed by atoms with van der Waals surface area (Å²) < 4.78 is 5.44. The minimum atomic E-state index is -1.09. The summed E-state index contributed by atoms with van der Waals surface area (Å²) in [6.45, 7) is 6.85. The number of benzene rings is 2. The Kier molecular flexibility index (Phi) is 7.77. The minimum absolute atomic E-state index is 0.0511. The Balaban J connectivity index is 2.15. The monoisotopic (exact) mass is 382 g/mol. The molecule has 0 saturated heterocycles. The second-order valence-electron chi connectivity index (χ2n) is 6.21. The van der Waals surface area contributed by atoms with Gasteiger partial charge in [0.1, 0.15) is 5.75 Å². The van der Waals surface area contributed by atoms with E-state index in [1.54, 1.807) is 31.4 Å². The number of para-hydroxylation sites is 1. The Bertz CT molecular complexity index is 857. The van der Waals surface area contributed by atoms with Crippen molar-refractivity contribution >= 4 is 23.6 Å². The number of amides is 1. The standard InChI is InChI=1S/C22H26N2O4/c1-4-24(5-2)15-17-14-16(10-12-20(17)28-3)11-13-21(25)23-19-9-7-6-8-18(19)22(26)27/h6-14H,4-5,15H2,1-3H3,(H,23,25)(H,26,27). The van der Waals surface area contributed by atoms with E-state index in [9.17, 15) is 14.7 Å². The van der Waals surface area contributed by atoms with Crippen LogP contribution < -0.4 is 10.1 Å². The number of hydrogen-bond acceptors (Lipinski definition) is 4. The lowest BCUT2D eigenvalue weighted by molar-refractivity contribution is -0.111. The number of nitrogens with one attached hydrogen (secondary N) is 1. The van der Waals surface area contributed by atoms with Crippen LogP contribution in [-0.2, 0) is 11.3 Å². The van der Waals surface area contributed by atoms with Gasteiger partial charge in [-0.2, -0.15) is 0 Å². The number of carbonyl (C=O) groups excluding carboxylic acids is 1. The van der Waals surface area contributed by atoms with E-state index >= 15 is 0 Å². The lowest BCUT2D eigenvalue weighted by atomic mass is 10.1. The van der Waals surface area contributed by atoms with Gasteiger partial charge in [-0.15, -0.1) is 0 Å². The first-order valence-corrected chi connectivity index (χ1v) is 9.19. The van der Waals surface area contributed by atoms with E-state index in [1.807, 2.05) is 18.2 Å². The van der Waals surface area contributed by atoms with Crippen molar-refractivity contribution in [3.63, 3.8) is 0 Å². The Morgan fingerprint density at radius 2 is 1.86 bits per heavy atom. The number of carboxylic acids is 1. The maximum absolute atomic E-state index is 12.2. The van der Waals surface area contributed by atoms with Gasteiger partial charge < -0.3 is 15.2 Å². The second kappa shape index (κ2) is 10.3. The summed E-state index contributed by atoms with van der Waals surface area (Å²) in [5.74, 6) is -0.672. The number of nitrogens with zero attached hydrogens (tertiary/aromatic N) is 1. The number of carbonyl (C=O) groups is 2. The van der Waals surface area contributed by atoms with Crippen LogP contribution in [0.5, 0.6) is 5.75 Å². The Morgan fingerprint density at radius 1 is 1.14 bits per heavy atom. The lowest BCUT2D eigenvalue weighted by Gasteiger charge is -2.20. The molecule has 0 spiro atoms. The van der Waals surface area contributed by atoms with E-state index in [0.29, 0.717) is 0 Å². The third-order valence-electron chi connectivity index (χ3n) is 4.44. The first-order valence-electron chi connectivity index (χ1n) is 9.19. The normalized spacial score (nSPS) is 11.0. The van der Waals surface area contributed by atoms with Crippen molar-refractivity contribution in [2.45, 2.75) is 20.4 Å². The first kappa shape index (κ1) is 21.2. The molecule has 0 bridgehead atoms. The molecule has 0 unspecified atom stereocenters. The predicted molar refractivity (Wildman–Crippen MR) is 111 cm³/mol. The zero-order chi connectivity index (χ0) is 20.5. The SMILES string of the molecule is CCN(CC)Cc1cc(C=CC(=O)Nc2ccccc2C(=O)O)ccc1OC. The van der Waals surface area contributed by atoms with Gasteiger partial charge >= 0.3 is 5.97 Å². The van der Waals surface area contributed by atoms with Gasteiger partial charge in [0.2, 0.25) is 5.91 Å². The van der Waals surface area contributed by atoms with Crippen molar-refractivity contribution in [2.75, 3.05) is 25.5 Å². The molecule has 0 saturated carbocycles. The van der Waals surface area contributed by atoms with Crippen molar-refractivity contribution in [1.29, 1.82) is 0 Å². The largest absolute Gasteiger partial charge is 0.496 e. The zero-order valence-corrected chi connectivity index (χ0v) is 16.4. The smallest absolute Gasteiger partial charge is 0.337 e. The van der Waals surface area contributed by atoms with Crippen LogP contribution in [-0.4, -0.2) is 42.1 Å². The predicted octanol–water partition coefficient (Wildman–Crippen LogP) is 3.89. The van der Waals surface area contributed by atoms with Gasteiger partial charge in [-0.1, -0.05) is 32.0 Å². The maximum Gasteiger partial charge on any atom is 0.337 e. The summed E-state index contributed by atoms with van der Waals surface area (Å²) in [7, 11) is 1.64. The number of rotatable bonds is 9. The molecular weight excluding hydrogens is 356 g/mol. The van der Waals surface area contributed by atoms with Gasteiger partial charge in [-0.25, -0.2) is 4.79 Å². The summed E-state index contributed by atoms with van der Waals surface area (Å²) in [5, 5.41) is 11.8. The summed E-state index contributed by atoms with van der Waals surface area (Å²) >= 11 is 0. The summed E-state index contributed by atoms with van der Waals surface area (Å²) in [6, 6.07) is 12.1. The fourth-order valence-electron chi connectivity index (χ4n) is 2.84. The molecule has 0 atom stereocenters. The topological polar surface area (TPSA) is 78.9 Å². The molecule has 0 aliphatic carbocycles. The fraction of sp³-hybridized carbons (Fsp3) is 0.273. The zero-order valence-electron chi connectivity index (χ0n) is 16.4. The molecule has 0 fully saturated rings. The van der Waals surface area contributed by atoms with Crippen LogP contribution >= 0.6 is 0 Å². The highest BCUT2D eigenvalue weighted by atomic mass is 16.5. The van der Waals surface area contributed by atoms with Crippen molar-refractivity contribution < 1.29 is 19.4 Å². The third kappa shape index (κ3) is 5.69. The van der Waals surface area contributed by atoms with Crippen molar-refractivity contribution in [2.24, 2.45) is 0 Å². The minimum Gasteiger partial charge on any atom is -0.496 e. The second-order valence-corrected chi connectivity index (χ2v) is 6.21. The fourth-order valence-corrected chi connectivity index (χ4v) is 2.84. The Morgan fingerprint density at radius 3 is 2.50 bits per heavy atom. The lowest BCUT2D eigenvalue weighted by Crippen LogP contribution is -2.22. The molecular formula is C22H26N2O4. The molecule has 28 heavy (non-hydrogen) atoms. The van der Waals surface area contributed by atoms with Gasteiger partial charge in [0, 0.05) is 18.2 Å². The number of carboxylic acid groups (broad SMARTS) is 1. The number of ether oxygens (including phenoxy) is 1. The molecule has 2 rings (SSSR count). The number of aromatic carboxylic acids is 1. The third-order valence-corrected chi connectivity index (χ3v) is 4.44. The highest BCUT2D eigenvalue weighted by Gasteiger charge is 2.11. The van der Waals surface area contributed by atoms with Crippen LogP contribution in [0.1, 0.15) is 35.3 Å². The quantitative estimate of drug-likeness (QED) is 0.644. The molecule has 2 aromatic carbocycles. The van der Waals surface area contributed by atoms with E-state index < -0.39 is 11.9 Å². The van der Waals surface area contributed by atoms with Crippen molar-refractivity contribution in [3.05, 3.63) is 65.2 Å². The Hall–Kier alpha value is -3.12. The van der Waals surface area contributed by atoms with Gasteiger partial charge in [0.05, 0.1) is 18.4 Å². The van der Waals surface area contributed by atoms with Crippen LogP contribution in [0, 0.1) is 0 Å². The highest BCUT2D eigenvalue weighted by Crippen LogP contribution is 2.22. The van der Waals surface area contributed by atoms with E-state index in [1.165, 1.54) is 12.1 Å². The van der Waals surface area contributed by atoms with Gasteiger partial charge in [0.15, 0.2) is 0 Å². The van der Waals surface area contributed by atoms with E-state index in [2.05, 4.69) is 24.1 Å². The van der Waals surface area contributed by atoms with Gasteiger partial charge in [-0.3, -0.25) is 9.69 Å². The summed E-state index contributed by atoms with van der Waals surface area (Å²) in [5.41, 5.74) is 2.23. The molecule has 0 aliphatic heterocycles. The average Bonchev–Trinajstić information content (AvgIpc) is 2.70. The highest BCUT2D eigenvalue weighted by molar-refractivity contribution is 6.06. The number of anilines is 1. The summed E-state index contributed by atoms with van der Waals surface area (Å²) in [4.78, 5) is 25.7. The molecule has 0 aromatic heterocycles. The van der Waals surface area contributed by atoms with Gasteiger partial charge in [0.25, 0.3) is 0 Å². The molecule has 1 amide bonds. The molecule has 6 heteroatoms.